The van der Waals surface area contributed by atoms with E-state index in [2.05, 4.69) is 10.6 Å². The van der Waals surface area contributed by atoms with Crippen LogP contribution in [0.1, 0.15) is 34.6 Å². The maximum atomic E-state index is 12.4. The summed E-state index contributed by atoms with van der Waals surface area (Å²) in [7, 11) is 0. The molecular weight excluding hydrogens is 502 g/mol. The number of anilines is 3. The fraction of sp³-hybridized carbons (Fsp3) is 0.143. The number of non-ortho nitro benzene ring substituents is 1. The van der Waals surface area contributed by atoms with Gasteiger partial charge in [0.25, 0.3) is 17.5 Å². The first-order chi connectivity index (χ1) is 18.7. The van der Waals surface area contributed by atoms with E-state index in [1.54, 1.807) is 48.5 Å². The number of aromatic hydroxyl groups is 1. The van der Waals surface area contributed by atoms with E-state index in [0.29, 0.717) is 41.2 Å². The predicted octanol–water partition coefficient (Wildman–Crippen LogP) is 4.71. The summed E-state index contributed by atoms with van der Waals surface area (Å²) in [5, 5.41) is 27.5. The standard InChI is InChI=1S/C17H13N3O4.C11H16N2O2/c18-15-13-4-2-1-3-10(13)9-14(16(15)21)17(22)19-11-5-7-12(8-6-11)20(23)24;1-3-13-11(14)8-5-6-10(15-4-2)9(12)7-8/h1-9,21H,18H2,(H,19,22);5-7H,3-4,12H2,1-2H3,(H,13,14). The number of ether oxygens (including phenoxy) is 1. The van der Waals surface area contributed by atoms with Crippen molar-refractivity contribution in [2.45, 2.75) is 13.8 Å². The van der Waals surface area contributed by atoms with Crippen LogP contribution in [0.15, 0.2) is 72.8 Å². The van der Waals surface area contributed by atoms with Crippen LogP contribution in [0.2, 0.25) is 0 Å². The lowest BCUT2D eigenvalue weighted by molar-refractivity contribution is -0.384. The maximum Gasteiger partial charge on any atom is 0.269 e. The molecule has 11 nitrogen and oxygen atoms in total. The van der Waals surface area contributed by atoms with Gasteiger partial charge in [0.2, 0.25) is 0 Å². The second kappa shape index (κ2) is 12.8. The largest absolute Gasteiger partial charge is 0.505 e. The smallest absolute Gasteiger partial charge is 0.269 e. The van der Waals surface area contributed by atoms with E-state index in [4.69, 9.17) is 16.2 Å². The highest BCUT2D eigenvalue weighted by Crippen LogP contribution is 2.34. The molecule has 39 heavy (non-hydrogen) atoms. The van der Waals surface area contributed by atoms with Crippen LogP contribution in [0.5, 0.6) is 11.5 Å². The van der Waals surface area contributed by atoms with Crippen LogP contribution in [0.25, 0.3) is 10.8 Å². The first-order valence-corrected chi connectivity index (χ1v) is 12.0. The minimum Gasteiger partial charge on any atom is -0.505 e. The van der Waals surface area contributed by atoms with Gasteiger partial charge >= 0.3 is 0 Å². The number of amides is 2. The van der Waals surface area contributed by atoms with Gasteiger partial charge in [-0.3, -0.25) is 19.7 Å². The van der Waals surface area contributed by atoms with E-state index in [0.717, 1.165) is 5.39 Å². The minimum atomic E-state index is -0.557. The molecule has 0 unspecified atom stereocenters. The number of nitrogens with one attached hydrogen (secondary N) is 2. The third-order valence-corrected chi connectivity index (χ3v) is 5.55. The normalized spacial score (nSPS) is 10.2. The van der Waals surface area contributed by atoms with Gasteiger partial charge in [0, 0.05) is 35.3 Å². The molecule has 4 aromatic rings. The van der Waals surface area contributed by atoms with Crippen LogP contribution < -0.4 is 26.8 Å². The van der Waals surface area contributed by atoms with E-state index < -0.39 is 10.8 Å². The summed E-state index contributed by atoms with van der Waals surface area (Å²) in [4.78, 5) is 34.0. The molecule has 202 valence electrons. The van der Waals surface area contributed by atoms with Crippen molar-refractivity contribution in [3.63, 3.8) is 0 Å². The van der Waals surface area contributed by atoms with E-state index in [1.165, 1.54) is 24.3 Å². The van der Waals surface area contributed by atoms with Crippen molar-refractivity contribution in [2.75, 3.05) is 29.9 Å². The molecule has 0 aliphatic rings. The molecule has 0 aromatic heterocycles. The molecule has 0 fully saturated rings. The number of carbonyl (C=O) groups excluding carboxylic acids is 2. The van der Waals surface area contributed by atoms with Crippen LogP contribution in [0.3, 0.4) is 0 Å². The van der Waals surface area contributed by atoms with E-state index in [1.807, 2.05) is 13.8 Å². The van der Waals surface area contributed by atoms with Gasteiger partial charge in [-0.05, 0) is 55.6 Å². The lowest BCUT2D eigenvalue weighted by Crippen LogP contribution is -2.22. The Morgan fingerprint density at radius 3 is 2.28 bits per heavy atom. The number of nitro benzene ring substituents is 1. The number of nitrogen functional groups attached to an aromatic ring is 2. The third kappa shape index (κ3) is 6.92. The Bertz CT molecular complexity index is 1500. The molecule has 11 heteroatoms. The van der Waals surface area contributed by atoms with Gasteiger partial charge in [-0.2, -0.15) is 0 Å². The zero-order chi connectivity index (χ0) is 28.5. The number of benzene rings is 4. The predicted molar refractivity (Wildman–Crippen MR) is 151 cm³/mol. The van der Waals surface area contributed by atoms with Gasteiger partial charge in [-0.25, -0.2) is 0 Å². The molecule has 0 heterocycles. The lowest BCUT2D eigenvalue weighted by atomic mass is 10.0. The van der Waals surface area contributed by atoms with Crippen molar-refractivity contribution >= 4 is 45.3 Å². The van der Waals surface area contributed by atoms with Crippen molar-refractivity contribution < 1.29 is 24.4 Å². The fourth-order valence-corrected chi connectivity index (χ4v) is 3.64. The van der Waals surface area contributed by atoms with Gasteiger partial charge in [-0.15, -0.1) is 0 Å². The topological polar surface area (TPSA) is 183 Å². The van der Waals surface area contributed by atoms with Crippen LogP contribution >= 0.6 is 0 Å². The number of hydrogen-bond donors (Lipinski definition) is 5. The molecule has 0 saturated carbocycles. The molecule has 0 aliphatic carbocycles. The van der Waals surface area contributed by atoms with E-state index >= 15 is 0 Å². The number of hydrogen-bond acceptors (Lipinski definition) is 8. The number of nitrogens with zero attached hydrogens (tertiary/aromatic N) is 1. The summed E-state index contributed by atoms with van der Waals surface area (Å²) in [6.07, 6.45) is 0. The molecule has 4 rings (SSSR count). The molecule has 0 spiro atoms. The van der Waals surface area contributed by atoms with Crippen LogP contribution in [-0.4, -0.2) is 35.0 Å². The van der Waals surface area contributed by atoms with Crippen molar-refractivity contribution in [3.8, 4) is 11.5 Å². The number of rotatable bonds is 7. The van der Waals surface area contributed by atoms with E-state index in [9.17, 15) is 24.8 Å². The van der Waals surface area contributed by atoms with Crippen LogP contribution in [-0.2, 0) is 0 Å². The Hall–Kier alpha value is -5.32. The summed E-state index contributed by atoms with van der Waals surface area (Å²) in [5.74, 6) is -0.357. The first kappa shape index (κ1) is 28.3. The Labute approximate surface area is 224 Å². The number of phenolic OH excluding ortho intramolecular Hbond substituents is 1. The fourth-order valence-electron chi connectivity index (χ4n) is 3.64. The maximum absolute atomic E-state index is 12.4. The van der Waals surface area contributed by atoms with Crippen LogP contribution in [0.4, 0.5) is 22.7 Å². The molecule has 0 radical (unpaired) electrons. The molecule has 0 atom stereocenters. The summed E-state index contributed by atoms with van der Waals surface area (Å²) in [6.45, 7) is 4.92. The molecule has 0 saturated heterocycles. The molecule has 0 aliphatic heterocycles. The quantitative estimate of drug-likeness (QED) is 0.0983. The lowest BCUT2D eigenvalue weighted by Gasteiger charge is -2.11. The average Bonchev–Trinajstić information content (AvgIpc) is 2.92. The first-order valence-electron chi connectivity index (χ1n) is 12.0. The summed E-state index contributed by atoms with van der Waals surface area (Å²) < 4.78 is 5.27. The zero-order valence-corrected chi connectivity index (χ0v) is 21.4. The van der Waals surface area contributed by atoms with E-state index in [-0.39, 0.29) is 28.6 Å². The Balaban J connectivity index is 0.000000242. The summed E-state index contributed by atoms with van der Waals surface area (Å²) in [5.41, 5.74) is 13.1. The van der Waals surface area contributed by atoms with Gasteiger partial charge in [0.15, 0.2) is 5.75 Å². The number of phenols is 1. The highest BCUT2D eigenvalue weighted by atomic mass is 16.6. The van der Waals surface area contributed by atoms with Crippen molar-refractivity contribution in [1.29, 1.82) is 0 Å². The molecule has 7 N–H and O–H groups in total. The van der Waals surface area contributed by atoms with Gasteiger partial charge in [-0.1, -0.05) is 24.3 Å². The summed E-state index contributed by atoms with van der Waals surface area (Å²) >= 11 is 0. The van der Waals surface area contributed by atoms with Crippen molar-refractivity contribution in [2.24, 2.45) is 0 Å². The Morgan fingerprint density at radius 1 is 0.974 bits per heavy atom. The second-order valence-electron chi connectivity index (χ2n) is 8.21. The average molecular weight is 532 g/mol. The monoisotopic (exact) mass is 531 g/mol. The van der Waals surface area contributed by atoms with Gasteiger partial charge in [0.1, 0.15) is 5.75 Å². The zero-order valence-electron chi connectivity index (χ0n) is 21.4. The van der Waals surface area contributed by atoms with Crippen LogP contribution in [0, 0.1) is 10.1 Å². The van der Waals surface area contributed by atoms with Gasteiger partial charge in [0.05, 0.1) is 28.5 Å². The highest BCUT2D eigenvalue weighted by molar-refractivity contribution is 6.11. The molecule has 4 aromatic carbocycles. The Morgan fingerprint density at radius 2 is 1.67 bits per heavy atom. The number of carbonyl (C=O) groups is 2. The number of fused-ring (bicyclic) bond motifs is 1. The molecule has 0 bridgehead atoms. The highest BCUT2D eigenvalue weighted by Gasteiger charge is 2.17. The van der Waals surface area contributed by atoms with Gasteiger partial charge < -0.3 is 31.9 Å². The summed E-state index contributed by atoms with van der Waals surface area (Å²) in [6, 6.07) is 19.1. The SMILES string of the molecule is CCNC(=O)c1ccc(OCC)c(N)c1.Nc1c(O)c(C(=O)Nc2ccc([N+](=O)[O-])cc2)cc2ccccc12. The number of nitro groups is 1. The molecular formula is C28H29N5O6. The van der Waals surface area contributed by atoms with Crippen molar-refractivity contribution in [3.05, 3.63) is 94.0 Å². The number of nitrogens with two attached hydrogens (primary N) is 2. The third-order valence-electron chi connectivity index (χ3n) is 5.55. The molecule has 2 amide bonds. The Kier molecular flexibility index (Phi) is 9.25. The second-order valence-corrected chi connectivity index (χ2v) is 8.21. The minimum absolute atomic E-state index is 0.0320. The van der Waals surface area contributed by atoms with Crippen molar-refractivity contribution in [1.82, 2.24) is 5.32 Å².